The first-order valence-electron chi connectivity index (χ1n) is 9.49. The number of rotatable bonds is 5. The molecule has 4 rings (SSSR count). The fourth-order valence-corrected chi connectivity index (χ4v) is 3.24. The molecule has 0 aliphatic carbocycles. The highest BCUT2D eigenvalue weighted by Gasteiger charge is 2.16. The van der Waals surface area contributed by atoms with Crippen LogP contribution in [0.15, 0.2) is 119 Å². The molecule has 0 aliphatic heterocycles. The van der Waals surface area contributed by atoms with Crippen LogP contribution >= 0.6 is 23.2 Å². The Bertz CT molecular complexity index is 1070. The van der Waals surface area contributed by atoms with Gasteiger partial charge in [0.2, 0.25) is 0 Å². The van der Waals surface area contributed by atoms with Crippen LogP contribution in [0.1, 0.15) is 11.1 Å². The van der Waals surface area contributed by atoms with Crippen LogP contribution in [0.5, 0.6) is 0 Å². The maximum absolute atomic E-state index is 6.14. The van der Waals surface area contributed by atoms with Gasteiger partial charge in [0.15, 0.2) is 0 Å². The summed E-state index contributed by atoms with van der Waals surface area (Å²) in [5.41, 5.74) is 5.04. The van der Waals surface area contributed by atoms with Crippen LogP contribution < -0.4 is 0 Å². The highest BCUT2D eigenvalue weighted by Crippen LogP contribution is 2.22. The van der Waals surface area contributed by atoms with Crippen LogP contribution in [0.3, 0.4) is 0 Å². The van der Waals surface area contributed by atoms with Crippen LogP contribution in [-0.4, -0.2) is 11.4 Å². The van der Waals surface area contributed by atoms with E-state index in [-0.39, 0.29) is 0 Å². The minimum absolute atomic E-state index is 0.672. The van der Waals surface area contributed by atoms with Crippen molar-refractivity contribution in [3.8, 4) is 0 Å². The van der Waals surface area contributed by atoms with Crippen molar-refractivity contribution < 1.29 is 0 Å². The molecular formula is C26H18Cl2N2. The summed E-state index contributed by atoms with van der Waals surface area (Å²) < 4.78 is 0. The van der Waals surface area contributed by atoms with Gasteiger partial charge in [-0.15, -0.1) is 0 Å². The zero-order valence-electron chi connectivity index (χ0n) is 16.0. The average Bonchev–Trinajstić information content (AvgIpc) is 2.79. The summed E-state index contributed by atoms with van der Waals surface area (Å²) in [5.74, 6) is 0. The Hall–Kier alpha value is -3.20. The SMILES string of the molecule is Clc1ccc(C(=Nc2ccccc2)C(=Nc2ccccc2)c2ccc(Cl)cc2)cc1. The number of hydrogen-bond acceptors (Lipinski definition) is 2. The standard InChI is InChI=1S/C26H18Cl2N2/c27-21-15-11-19(12-16-21)25(29-23-7-3-1-4-8-23)26(20-13-17-22(28)18-14-20)30-24-9-5-2-6-10-24/h1-18H. The second-order valence-corrected chi connectivity index (χ2v) is 7.48. The number of nitrogens with zero attached hydrogens (tertiary/aromatic N) is 2. The van der Waals surface area contributed by atoms with Crippen molar-refractivity contribution >= 4 is 46.0 Å². The lowest BCUT2D eigenvalue weighted by molar-refractivity contribution is 1.47. The van der Waals surface area contributed by atoms with Crippen molar-refractivity contribution in [1.29, 1.82) is 0 Å². The largest absolute Gasteiger partial charge is 0.246 e. The molecule has 30 heavy (non-hydrogen) atoms. The number of para-hydroxylation sites is 2. The van der Waals surface area contributed by atoms with Crippen LogP contribution in [0.25, 0.3) is 0 Å². The summed E-state index contributed by atoms with van der Waals surface area (Å²) in [7, 11) is 0. The lowest BCUT2D eigenvalue weighted by Gasteiger charge is -2.12. The zero-order valence-corrected chi connectivity index (χ0v) is 17.6. The first-order valence-corrected chi connectivity index (χ1v) is 10.2. The summed E-state index contributed by atoms with van der Waals surface area (Å²) in [4.78, 5) is 9.93. The molecule has 0 heterocycles. The summed E-state index contributed by atoms with van der Waals surface area (Å²) >= 11 is 12.3. The van der Waals surface area contributed by atoms with E-state index in [1.54, 1.807) is 0 Å². The van der Waals surface area contributed by atoms with Gasteiger partial charge in [0.05, 0.1) is 22.8 Å². The Morgan fingerprint density at radius 3 is 1.10 bits per heavy atom. The molecule has 0 aliphatic rings. The highest BCUT2D eigenvalue weighted by molar-refractivity contribution is 6.54. The summed E-state index contributed by atoms with van der Waals surface area (Å²) in [6, 6.07) is 35.0. The van der Waals surface area contributed by atoms with Gasteiger partial charge in [0.1, 0.15) is 0 Å². The molecular weight excluding hydrogens is 411 g/mol. The van der Waals surface area contributed by atoms with E-state index in [1.807, 2.05) is 109 Å². The lowest BCUT2D eigenvalue weighted by atomic mass is 9.99. The van der Waals surface area contributed by atoms with E-state index in [4.69, 9.17) is 33.2 Å². The Morgan fingerprint density at radius 1 is 0.433 bits per heavy atom. The topological polar surface area (TPSA) is 24.7 Å². The Balaban J connectivity index is 1.94. The molecule has 0 saturated heterocycles. The molecule has 146 valence electrons. The maximum Gasteiger partial charge on any atom is 0.0972 e. The highest BCUT2D eigenvalue weighted by atomic mass is 35.5. The van der Waals surface area contributed by atoms with Crippen LogP contribution in [0.2, 0.25) is 10.0 Å². The predicted octanol–water partition coefficient (Wildman–Crippen LogP) is 7.94. The van der Waals surface area contributed by atoms with Crippen molar-refractivity contribution in [1.82, 2.24) is 0 Å². The fourth-order valence-electron chi connectivity index (χ4n) is 2.99. The van der Waals surface area contributed by atoms with Gasteiger partial charge in [-0.3, -0.25) is 0 Å². The first kappa shape index (κ1) is 20.1. The predicted molar refractivity (Wildman–Crippen MR) is 128 cm³/mol. The second-order valence-electron chi connectivity index (χ2n) is 6.61. The van der Waals surface area contributed by atoms with Gasteiger partial charge >= 0.3 is 0 Å². The van der Waals surface area contributed by atoms with Crippen molar-refractivity contribution in [2.24, 2.45) is 9.98 Å². The number of hydrogen-bond donors (Lipinski definition) is 0. The Morgan fingerprint density at radius 2 is 0.767 bits per heavy atom. The molecule has 0 amide bonds. The summed E-state index contributed by atoms with van der Waals surface area (Å²) in [6.07, 6.45) is 0. The van der Waals surface area contributed by atoms with E-state index in [2.05, 4.69) is 0 Å². The molecule has 0 atom stereocenters. The van der Waals surface area contributed by atoms with E-state index >= 15 is 0 Å². The third-order valence-corrected chi connectivity index (χ3v) is 4.96. The number of aliphatic imine (C=N–C) groups is 2. The second kappa shape index (κ2) is 9.53. The van der Waals surface area contributed by atoms with Gasteiger partial charge in [0, 0.05) is 21.2 Å². The van der Waals surface area contributed by atoms with Gasteiger partial charge < -0.3 is 0 Å². The van der Waals surface area contributed by atoms with Gasteiger partial charge in [0.25, 0.3) is 0 Å². The molecule has 2 nitrogen and oxygen atoms in total. The van der Waals surface area contributed by atoms with Crippen LogP contribution in [-0.2, 0) is 0 Å². The van der Waals surface area contributed by atoms with E-state index in [9.17, 15) is 0 Å². The minimum atomic E-state index is 0.672. The maximum atomic E-state index is 6.14. The van der Waals surface area contributed by atoms with Crippen molar-refractivity contribution in [2.75, 3.05) is 0 Å². The van der Waals surface area contributed by atoms with Gasteiger partial charge in [-0.2, -0.15) is 0 Å². The number of halogens is 2. The number of benzene rings is 4. The third-order valence-electron chi connectivity index (χ3n) is 4.45. The molecule has 0 saturated carbocycles. The molecule has 4 aromatic rings. The summed E-state index contributed by atoms with van der Waals surface area (Å²) in [6.45, 7) is 0. The molecule has 0 spiro atoms. The fraction of sp³-hybridized carbons (Fsp3) is 0. The quantitative estimate of drug-likeness (QED) is 0.288. The van der Waals surface area contributed by atoms with Crippen molar-refractivity contribution in [3.05, 3.63) is 130 Å². The minimum Gasteiger partial charge on any atom is -0.246 e. The molecule has 4 aromatic carbocycles. The monoisotopic (exact) mass is 428 g/mol. The lowest BCUT2D eigenvalue weighted by Crippen LogP contribution is -2.17. The Kier molecular flexibility index (Phi) is 6.38. The van der Waals surface area contributed by atoms with Crippen molar-refractivity contribution in [3.63, 3.8) is 0 Å². The average molecular weight is 429 g/mol. The Labute approximate surface area is 186 Å². The van der Waals surface area contributed by atoms with E-state index < -0.39 is 0 Å². The van der Waals surface area contributed by atoms with Crippen LogP contribution in [0.4, 0.5) is 11.4 Å². The normalized spacial score (nSPS) is 12.1. The third kappa shape index (κ3) is 5.04. The van der Waals surface area contributed by atoms with E-state index in [1.165, 1.54) is 0 Å². The smallest absolute Gasteiger partial charge is 0.0972 e. The van der Waals surface area contributed by atoms with E-state index in [0.717, 1.165) is 33.9 Å². The first-order chi connectivity index (χ1) is 14.7. The molecule has 4 heteroatoms. The molecule has 0 unspecified atom stereocenters. The molecule has 0 radical (unpaired) electrons. The summed E-state index contributed by atoms with van der Waals surface area (Å²) in [5, 5.41) is 1.34. The zero-order chi connectivity index (χ0) is 20.8. The van der Waals surface area contributed by atoms with Crippen LogP contribution in [0, 0.1) is 0 Å². The van der Waals surface area contributed by atoms with Gasteiger partial charge in [-0.25, -0.2) is 9.98 Å². The molecule has 0 N–H and O–H groups in total. The molecule has 0 fully saturated rings. The molecule has 0 bridgehead atoms. The van der Waals surface area contributed by atoms with Gasteiger partial charge in [-0.1, -0.05) is 83.9 Å². The van der Waals surface area contributed by atoms with E-state index in [0.29, 0.717) is 10.0 Å². The van der Waals surface area contributed by atoms with Gasteiger partial charge in [-0.05, 0) is 48.5 Å². The van der Waals surface area contributed by atoms with Crippen molar-refractivity contribution in [2.45, 2.75) is 0 Å². The molecule has 0 aromatic heterocycles.